The predicted octanol–water partition coefficient (Wildman–Crippen LogP) is 3.49. The van der Waals surface area contributed by atoms with Gasteiger partial charge < -0.3 is 4.98 Å². The summed E-state index contributed by atoms with van der Waals surface area (Å²) in [5, 5.41) is 21.0. The van der Waals surface area contributed by atoms with Crippen LogP contribution in [0.2, 0.25) is 0 Å². The second-order valence-corrected chi connectivity index (χ2v) is 5.79. The molecule has 0 saturated heterocycles. The molecule has 0 unspecified atom stereocenters. The molecular weight excluding hydrogens is 516 g/mol. The molecule has 5 rings (SSSR count). The van der Waals surface area contributed by atoms with Crippen LogP contribution in [0.1, 0.15) is 0 Å². The zero-order valence-electron chi connectivity index (χ0n) is 13.9. The molecule has 2 aromatic carbocycles. The van der Waals surface area contributed by atoms with Gasteiger partial charge >= 0.3 is 0 Å². The summed E-state index contributed by atoms with van der Waals surface area (Å²) >= 11 is 0. The van der Waals surface area contributed by atoms with E-state index in [0.29, 0.717) is 17.2 Å². The monoisotopic (exact) mass is 528 g/mol. The molecule has 131 valence electrons. The Morgan fingerprint density at radius 1 is 0.630 bits per heavy atom. The van der Waals surface area contributed by atoms with Crippen molar-refractivity contribution < 1.29 is 20.1 Å². The van der Waals surface area contributed by atoms with E-state index in [1.807, 2.05) is 54.7 Å². The maximum absolute atomic E-state index is 4.27. The average Bonchev–Trinajstić information content (AvgIpc) is 2.73. The minimum Gasteiger partial charge on any atom is -0.359 e. The number of pyridine rings is 2. The number of hydrogen-bond donors (Lipinski definition) is 0. The molecule has 3 aromatic heterocycles. The van der Waals surface area contributed by atoms with Crippen molar-refractivity contribution in [2.75, 3.05) is 0 Å². The van der Waals surface area contributed by atoms with Crippen molar-refractivity contribution in [2.45, 2.75) is 0 Å². The van der Waals surface area contributed by atoms with Gasteiger partial charge in [0.1, 0.15) is 5.82 Å². The molecule has 0 aliphatic carbocycles. The molecule has 6 nitrogen and oxygen atoms in total. The summed E-state index contributed by atoms with van der Waals surface area (Å²) in [5.41, 5.74) is 1.49. The Balaban J connectivity index is 0.00000180. The second kappa shape index (κ2) is 7.23. The maximum atomic E-state index is 4.27. The number of hydrogen-bond acceptors (Lipinski definition) is 6. The fourth-order valence-electron chi connectivity index (χ4n) is 2.97. The van der Waals surface area contributed by atoms with Gasteiger partial charge in [-0.25, -0.2) is 0 Å². The minimum atomic E-state index is 0. The van der Waals surface area contributed by atoms with Crippen LogP contribution >= 0.6 is 0 Å². The van der Waals surface area contributed by atoms with E-state index < -0.39 is 0 Å². The van der Waals surface area contributed by atoms with Gasteiger partial charge in [-0.05, 0) is 17.8 Å². The molecule has 5 aromatic rings. The summed E-state index contributed by atoms with van der Waals surface area (Å²) in [6, 6.07) is 15.8. The molecular formula is C20H11IrN6-. The Bertz CT molecular complexity index is 1130. The first-order chi connectivity index (χ1) is 12.9. The molecule has 3 heterocycles. The fourth-order valence-corrected chi connectivity index (χ4v) is 2.97. The maximum Gasteiger partial charge on any atom is 0.203 e. The molecule has 0 bridgehead atoms. The number of aromatic nitrogens is 6. The third kappa shape index (κ3) is 3.07. The van der Waals surface area contributed by atoms with Gasteiger partial charge in [-0.2, -0.15) is 10.2 Å². The quantitative estimate of drug-likeness (QED) is 0.327. The van der Waals surface area contributed by atoms with Crippen molar-refractivity contribution in [3.8, 4) is 22.8 Å². The molecule has 0 aliphatic heterocycles. The molecule has 27 heavy (non-hydrogen) atoms. The van der Waals surface area contributed by atoms with Crippen molar-refractivity contribution in [1.82, 2.24) is 30.4 Å². The van der Waals surface area contributed by atoms with Gasteiger partial charge in [-0.3, -0.25) is 4.98 Å². The SMILES string of the molecule is [Ir].[c-]1ncc2ccccc2c1-c1nnc(-c2cncc3ccccc23)nn1. The van der Waals surface area contributed by atoms with E-state index in [4.69, 9.17) is 0 Å². The van der Waals surface area contributed by atoms with Crippen LogP contribution < -0.4 is 0 Å². The number of rotatable bonds is 2. The van der Waals surface area contributed by atoms with Crippen molar-refractivity contribution in [3.63, 3.8) is 0 Å². The largest absolute Gasteiger partial charge is 0.359 e. The standard InChI is InChI=1S/C20H11N6.Ir/c1-3-7-15-13(5-1)9-21-11-17(15)19-23-25-20(26-24-19)18-12-22-10-14-6-2-4-8-16(14)18;/h1-11H;/q-1;. The van der Waals surface area contributed by atoms with Gasteiger partial charge in [0.15, 0.2) is 0 Å². The van der Waals surface area contributed by atoms with E-state index in [-0.39, 0.29) is 20.1 Å². The van der Waals surface area contributed by atoms with E-state index in [9.17, 15) is 0 Å². The van der Waals surface area contributed by atoms with Crippen LogP contribution in [0.4, 0.5) is 0 Å². The van der Waals surface area contributed by atoms with Crippen LogP contribution in [-0.2, 0) is 20.1 Å². The fraction of sp³-hybridized carbons (Fsp3) is 0. The van der Waals surface area contributed by atoms with Gasteiger partial charge in [0.25, 0.3) is 0 Å². The van der Waals surface area contributed by atoms with Crippen LogP contribution in [0, 0.1) is 6.20 Å². The predicted molar refractivity (Wildman–Crippen MR) is 97.9 cm³/mol. The van der Waals surface area contributed by atoms with Crippen molar-refractivity contribution >= 4 is 21.5 Å². The summed E-state index contributed by atoms with van der Waals surface area (Å²) in [5.74, 6) is 0.831. The Labute approximate surface area is 168 Å². The molecule has 0 amide bonds. The third-order valence-electron chi connectivity index (χ3n) is 4.22. The summed E-state index contributed by atoms with van der Waals surface area (Å²) in [7, 11) is 0. The zero-order chi connectivity index (χ0) is 17.3. The van der Waals surface area contributed by atoms with Crippen LogP contribution in [0.5, 0.6) is 0 Å². The first kappa shape index (κ1) is 17.3. The van der Waals surface area contributed by atoms with Crippen molar-refractivity contribution in [3.05, 3.63) is 73.3 Å². The van der Waals surface area contributed by atoms with Gasteiger partial charge in [0.2, 0.25) is 5.82 Å². The van der Waals surface area contributed by atoms with Gasteiger partial charge in [0.05, 0.1) is 0 Å². The number of fused-ring (bicyclic) bond motifs is 2. The van der Waals surface area contributed by atoms with Gasteiger partial charge in [0, 0.05) is 43.4 Å². The molecule has 0 fully saturated rings. The Morgan fingerprint density at radius 2 is 1.26 bits per heavy atom. The van der Waals surface area contributed by atoms with E-state index in [0.717, 1.165) is 27.1 Å². The molecule has 0 spiro atoms. The molecule has 1 radical (unpaired) electrons. The van der Waals surface area contributed by atoms with Gasteiger partial charge in [-0.1, -0.05) is 64.9 Å². The second-order valence-electron chi connectivity index (χ2n) is 5.79. The van der Waals surface area contributed by atoms with Crippen molar-refractivity contribution in [2.24, 2.45) is 0 Å². The summed E-state index contributed by atoms with van der Waals surface area (Å²) in [4.78, 5) is 8.40. The molecule has 0 aliphatic rings. The molecule has 0 saturated carbocycles. The normalized spacial score (nSPS) is 10.7. The van der Waals surface area contributed by atoms with Crippen molar-refractivity contribution in [1.29, 1.82) is 0 Å². The first-order valence-corrected chi connectivity index (χ1v) is 8.06. The average molecular weight is 528 g/mol. The van der Waals surface area contributed by atoms with Crippen LogP contribution in [0.25, 0.3) is 44.3 Å². The van der Waals surface area contributed by atoms with Crippen LogP contribution in [0.15, 0.2) is 67.1 Å². The minimum absolute atomic E-state index is 0. The zero-order valence-corrected chi connectivity index (χ0v) is 16.3. The Morgan fingerprint density at radius 3 is 2.04 bits per heavy atom. The molecule has 0 atom stereocenters. The number of nitrogens with zero attached hydrogens (tertiary/aromatic N) is 6. The topological polar surface area (TPSA) is 77.3 Å². The van der Waals surface area contributed by atoms with Crippen LogP contribution in [-0.4, -0.2) is 30.4 Å². The van der Waals surface area contributed by atoms with Gasteiger partial charge in [-0.15, -0.1) is 10.2 Å². The molecule has 0 N–H and O–H groups in total. The first-order valence-electron chi connectivity index (χ1n) is 8.06. The number of benzene rings is 2. The third-order valence-corrected chi connectivity index (χ3v) is 4.22. The molecule has 7 heteroatoms. The summed E-state index contributed by atoms with van der Waals surface area (Å²) in [6.07, 6.45) is 8.25. The Kier molecular flexibility index (Phi) is 4.62. The van der Waals surface area contributed by atoms with E-state index >= 15 is 0 Å². The van der Waals surface area contributed by atoms with E-state index in [1.165, 1.54) is 0 Å². The Hall–Kier alpha value is -3.15. The smallest absolute Gasteiger partial charge is 0.203 e. The van der Waals surface area contributed by atoms with E-state index in [1.54, 1.807) is 12.4 Å². The summed E-state index contributed by atoms with van der Waals surface area (Å²) < 4.78 is 0. The van der Waals surface area contributed by atoms with Crippen LogP contribution in [0.3, 0.4) is 0 Å². The van der Waals surface area contributed by atoms with E-state index in [2.05, 4.69) is 36.6 Å². The summed E-state index contributed by atoms with van der Waals surface area (Å²) in [6.45, 7) is 0.